The normalized spacial score (nSPS) is 11.0. The van der Waals surface area contributed by atoms with Gasteiger partial charge in [0.25, 0.3) is 0 Å². The lowest BCUT2D eigenvalue weighted by Gasteiger charge is -2.23. The van der Waals surface area contributed by atoms with Crippen LogP contribution in [0.2, 0.25) is 13.1 Å². The zero-order valence-corrected chi connectivity index (χ0v) is 5.91. The Morgan fingerprint density at radius 2 is 1.33 bits per heavy atom. The molecule has 0 bridgehead atoms. The highest BCUT2D eigenvalue weighted by Crippen LogP contribution is 1.87. The van der Waals surface area contributed by atoms with Gasteiger partial charge in [0.2, 0.25) is 0 Å². The van der Waals surface area contributed by atoms with Crippen LogP contribution in [0.4, 0.5) is 0 Å². The summed E-state index contributed by atoms with van der Waals surface area (Å²) in [4.78, 5) is 0. The Balaban J connectivity index is 2.99. The summed E-state index contributed by atoms with van der Waals surface area (Å²) in [6.07, 6.45) is 0. The highest BCUT2D eigenvalue weighted by atomic mass is 28.3. The van der Waals surface area contributed by atoms with Crippen molar-refractivity contribution in [2.24, 2.45) is 0 Å². The summed E-state index contributed by atoms with van der Waals surface area (Å²) in [5.74, 6) is 0. The quantitative estimate of drug-likeness (QED) is 0.345. The molecule has 0 heterocycles. The Morgan fingerprint density at radius 1 is 1.17 bits per heavy atom. The van der Waals surface area contributed by atoms with E-state index in [1.807, 2.05) is 14.2 Å². The van der Waals surface area contributed by atoms with E-state index in [9.17, 15) is 0 Å². The van der Waals surface area contributed by atoms with Crippen LogP contribution in [0.15, 0.2) is 0 Å². The lowest BCUT2D eigenvalue weighted by atomic mass is 11.6. The van der Waals surface area contributed by atoms with Crippen molar-refractivity contribution < 1.29 is 4.06 Å². The average Bonchev–Trinajstić information content (AvgIpc) is 1.36. The van der Waals surface area contributed by atoms with Crippen LogP contribution in [-0.2, 0) is 4.06 Å². The van der Waals surface area contributed by atoms with Crippen LogP contribution in [-0.4, -0.2) is 23.3 Å². The van der Waals surface area contributed by atoms with Gasteiger partial charge in [-0.3, -0.25) is 0 Å². The Bertz CT molecular complexity index is 28.5. The van der Waals surface area contributed by atoms with Crippen LogP contribution in [0, 0.1) is 0 Å². The molecule has 0 radical (unpaired) electrons. The zero-order chi connectivity index (χ0) is 5.15. The van der Waals surface area contributed by atoms with E-state index in [2.05, 4.69) is 17.2 Å². The van der Waals surface area contributed by atoms with E-state index >= 15 is 0 Å². The van der Waals surface area contributed by atoms with E-state index in [1.165, 1.54) is 0 Å². The fourth-order valence-corrected chi connectivity index (χ4v) is 0. The molecule has 6 heavy (non-hydrogen) atoms. The van der Waals surface area contributed by atoms with Crippen molar-refractivity contribution >= 4 is 9.04 Å². The lowest BCUT2D eigenvalue weighted by molar-refractivity contribution is 0.120. The SMILES string of the molecule is C[O+](C)[Si-](C)C. The van der Waals surface area contributed by atoms with Crippen molar-refractivity contribution in [1.29, 1.82) is 0 Å². The van der Waals surface area contributed by atoms with E-state index in [4.69, 9.17) is 0 Å². The summed E-state index contributed by atoms with van der Waals surface area (Å²) >= 11 is 0. The van der Waals surface area contributed by atoms with Gasteiger partial charge in [-0.25, -0.2) is 0 Å². The summed E-state index contributed by atoms with van der Waals surface area (Å²) < 4.78 is 2.93. The molecule has 0 spiro atoms. The third-order valence-corrected chi connectivity index (χ3v) is 2.45. The Hall–Kier alpha value is 0.177. The number of hydrogen-bond acceptors (Lipinski definition) is 0. The first-order valence-electron chi connectivity index (χ1n) is 2.02. The molecule has 0 aliphatic carbocycles. The van der Waals surface area contributed by atoms with Gasteiger partial charge in [0, 0.05) is 0 Å². The van der Waals surface area contributed by atoms with E-state index in [0.29, 0.717) is 0 Å². The van der Waals surface area contributed by atoms with Crippen molar-refractivity contribution in [3.8, 4) is 0 Å². The van der Waals surface area contributed by atoms with Gasteiger partial charge in [-0.05, 0) is 0 Å². The highest BCUT2D eigenvalue weighted by molar-refractivity contribution is 6.49. The molecular formula is C4H12OSi. The summed E-state index contributed by atoms with van der Waals surface area (Å²) in [5, 5.41) is 0. The van der Waals surface area contributed by atoms with Crippen molar-refractivity contribution in [3.63, 3.8) is 0 Å². The maximum atomic E-state index is 2.93. The molecule has 0 aromatic rings. The minimum atomic E-state index is -0.202. The lowest BCUT2D eigenvalue weighted by Crippen LogP contribution is -2.16. The van der Waals surface area contributed by atoms with Crippen molar-refractivity contribution in [1.82, 2.24) is 0 Å². The second-order valence-electron chi connectivity index (χ2n) is 1.72. The molecule has 0 N–H and O–H groups in total. The molecule has 0 saturated carbocycles. The van der Waals surface area contributed by atoms with Gasteiger partial charge in [0.05, 0.1) is 14.2 Å². The Morgan fingerprint density at radius 3 is 1.33 bits per heavy atom. The standard InChI is InChI=1S/C4H12OSi/c1-5(2)6(3)4/h1-4H3. The fraction of sp³-hybridized carbons (Fsp3) is 1.00. The number of hydrogen-bond donors (Lipinski definition) is 0. The molecule has 0 fully saturated rings. The number of rotatable bonds is 1. The van der Waals surface area contributed by atoms with Crippen LogP contribution < -0.4 is 0 Å². The summed E-state index contributed by atoms with van der Waals surface area (Å²) in [6.45, 7) is 4.46. The third kappa shape index (κ3) is 2.42. The maximum Gasteiger partial charge on any atom is 0.132 e. The molecule has 0 atom stereocenters. The van der Waals surface area contributed by atoms with Crippen LogP contribution >= 0.6 is 0 Å². The zero-order valence-electron chi connectivity index (χ0n) is 4.91. The van der Waals surface area contributed by atoms with Crippen LogP contribution in [0.25, 0.3) is 0 Å². The molecule has 0 saturated heterocycles. The molecule has 0 aliphatic heterocycles. The molecule has 38 valence electrons. The van der Waals surface area contributed by atoms with E-state index in [1.54, 1.807) is 0 Å². The van der Waals surface area contributed by atoms with Crippen molar-refractivity contribution in [2.45, 2.75) is 13.1 Å². The minimum Gasteiger partial charge on any atom is -0.671 e. The fourth-order valence-electron chi connectivity index (χ4n) is 0. The summed E-state index contributed by atoms with van der Waals surface area (Å²) in [6, 6.07) is 0. The first-order valence-corrected chi connectivity index (χ1v) is 4.43. The minimum absolute atomic E-state index is 0.202. The predicted octanol–water partition coefficient (Wildman–Crippen LogP) is 1.05. The van der Waals surface area contributed by atoms with E-state index < -0.39 is 0 Å². The smallest absolute Gasteiger partial charge is 0.132 e. The predicted molar refractivity (Wildman–Crippen MR) is 30.4 cm³/mol. The second kappa shape index (κ2) is 2.37. The first-order chi connectivity index (χ1) is 2.64. The summed E-state index contributed by atoms with van der Waals surface area (Å²) in [7, 11) is 3.87. The second-order valence-corrected chi connectivity index (χ2v) is 4.36. The highest BCUT2D eigenvalue weighted by Gasteiger charge is 1.86. The van der Waals surface area contributed by atoms with Crippen LogP contribution in [0.1, 0.15) is 0 Å². The van der Waals surface area contributed by atoms with Gasteiger partial charge in [-0.15, -0.1) is 13.1 Å². The average molecular weight is 104 g/mol. The topological polar surface area (TPSA) is 2.70 Å². The van der Waals surface area contributed by atoms with Gasteiger partial charge in [0.15, 0.2) is 0 Å². The largest absolute Gasteiger partial charge is 0.671 e. The molecule has 1 nitrogen and oxygen atoms in total. The molecule has 0 aromatic heterocycles. The van der Waals surface area contributed by atoms with Crippen molar-refractivity contribution in [3.05, 3.63) is 0 Å². The maximum absolute atomic E-state index is 2.93. The molecular weight excluding hydrogens is 92.1 g/mol. The summed E-state index contributed by atoms with van der Waals surface area (Å²) in [5.41, 5.74) is 0. The molecule has 2 heteroatoms. The molecule has 0 unspecified atom stereocenters. The third-order valence-electron chi connectivity index (χ3n) is 0.816. The van der Waals surface area contributed by atoms with E-state index in [-0.39, 0.29) is 9.04 Å². The molecule has 0 rings (SSSR count). The molecule has 0 aromatic carbocycles. The van der Waals surface area contributed by atoms with Gasteiger partial charge in [-0.1, -0.05) is 0 Å². The molecule has 0 aliphatic rings. The van der Waals surface area contributed by atoms with Gasteiger partial charge < -0.3 is 4.06 Å². The van der Waals surface area contributed by atoms with Gasteiger partial charge in [-0.2, -0.15) is 0 Å². The monoisotopic (exact) mass is 104 g/mol. The van der Waals surface area contributed by atoms with E-state index in [0.717, 1.165) is 0 Å². The Labute approximate surface area is 41.4 Å². The van der Waals surface area contributed by atoms with Crippen LogP contribution in [0.3, 0.4) is 0 Å². The first kappa shape index (κ1) is 6.18. The van der Waals surface area contributed by atoms with Gasteiger partial charge >= 0.3 is 0 Å². The van der Waals surface area contributed by atoms with Crippen LogP contribution in [0.5, 0.6) is 0 Å². The molecule has 0 amide bonds. The Kier molecular flexibility index (Phi) is 2.44. The van der Waals surface area contributed by atoms with Gasteiger partial charge in [0.1, 0.15) is 9.04 Å². The van der Waals surface area contributed by atoms with Crippen molar-refractivity contribution in [2.75, 3.05) is 14.2 Å².